The Labute approximate surface area is 98.2 Å². The van der Waals surface area contributed by atoms with Gasteiger partial charge in [-0.2, -0.15) is 0 Å². The van der Waals surface area contributed by atoms with E-state index in [-0.39, 0.29) is 5.91 Å². The van der Waals surface area contributed by atoms with Crippen LogP contribution in [0.15, 0.2) is 22.7 Å². The molecule has 0 unspecified atom stereocenters. The first-order valence-electron chi connectivity index (χ1n) is 4.97. The number of hydrogen-bond acceptors (Lipinski definition) is 2. The summed E-state index contributed by atoms with van der Waals surface area (Å²) >= 11 is 3.30. The molecular weight excluding hydrogens is 256 g/mol. The molecule has 15 heavy (non-hydrogen) atoms. The number of carbonyl (C=O) groups is 1. The zero-order chi connectivity index (χ0) is 11.3. The second kappa shape index (κ2) is 5.75. The number of hydrogen-bond donors (Lipinski definition) is 2. The fraction of sp³-hybridized carbons (Fsp3) is 0.364. The van der Waals surface area contributed by atoms with Gasteiger partial charge in [0.1, 0.15) is 0 Å². The summed E-state index contributed by atoms with van der Waals surface area (Å²) in [6.07, 6.45) is 2.07. The van der Waals surface area contributed by atoms with Gasteiger partial charge >= 0.3 is 0 Å². The molecule has 0 aromatic heterocycles. The third kappa shape index (κ3) is 3.91. The summed E-state index contributed by atoms with van der Waals surface area (Å²) < 4.78 is 0.822. The van der Waals surface area contributed by atoms with Crippen LogP contribution in [-0.4, -0.2) is 12.5 Å². The normalized spacial score (nSPS) is 10.0. The largest absolute Gasteiger partial charge is 0.399 e. The van der Waals surface area contributed by atoms with Gasteiger partial charge in [-0.15, -0.1) is 0 Å². The minimum absolute atomic E-state index is 0.0727. The molecule has 0 bridgehead atoms. The molecule has 4 heteroatoms. The quantitative estimate of drug-likeness (QED) is 0.653. The van der Waals surface area contributed by atoms with Gasteiger partial charge in [0.05, 0.1) is 0 Å². The van der Waals surface area contributed by atoms with Crippen LogP contribution >= 0.6 is 15.9 Å². The molecule has 1 aromatic rings. The molecule has 0 spiro atoms. The van der Waals surface area contributed by atoms with Gasteiger partial charge in [-0.3, -0.25) is 4.79 Å². The first-order chi connectivity index (χ1) is 7.13. The van der Waals surface area contributed by atoms with Crippen molar-refractivity contribution in [2.24, 2.45) is 0 Å². The fourth-order valence-electron chi connectivity index (χ4n) is 1.22. The summed E-state index contributed by atoms with van der Waals surface area (Å²) in [5.74, 6) is -0.0727. The Morgan fingerprint density at radius 2 is 2.20 bits per heavy atom. The van der Waals surface area contributed by atoms with Crippen molar-refractivity contribution in [3.05, 3.63) is 28.2 Å². The van der Waals surface area contributed by atoms with E-state index in [2.05, 4.69) is 28.2 Å². The molecule has 0 heterocycles. The van der Waals surface area contributed by atoms with Gasteiger partial charge in [0.25, 0.3) is 5.91 Å². The second-order valence-electron chi connectivity index (χ2n) is 3.38. The third-order valence-corrected chi connectivity index (χ3v) is 2.46. The van der Waals surface area contributed by atoms with E-state index in [1.165, 1.54) is 0 Å². The van der Waals surface area contributed by atoms with Crippen LogP contribution in [0.25, 0.3) is 0 Å². The van der Waals surface area contributed by atoms with Crippen LogP contribution in [0, 0.1) is 0 Å². The summed E-state index contributed by atoms with van der Waals surface area (Å²) in [4.78, 5) is 11.6. The van der Waals surface area contributed by atoms with Crippen LogP contribution in [0.5, 0.6) is 0 Å². The molecule has 0 aliphatic heterocycles. The van der Waals surface area contributed by atoms with Crippen LogP contribution < -0.4 is 11.1 Å². The summed E-state index contributed by atoms with van der Waals surface area (Å²) in [6.45, 7) is 2.80. The zero-order valence-electron chi connectivity index (χ0n) is 8.72. The zero-order valence-corrected chi connectivity index (χ0v) is 10.3. The average Bonchev–Trinajstić information content (AvgIpc) is 2.16. The monoisotopic (exact) mass is 270 g/mol. The van der Waals surface area contributed by atoms with Gasteiger partial charge in [-0.05, 0) is 24.6 Å². The SMILES string of the molecule is CCCCNC(=O)c1cc(N)cc(Br)c1. The molecule has 0 atom stereocenters. The van der Waals surface area contributed by atoms with Crippen molar-refractivity contribution in [3.8, 4) is 0 Å². The van der Waals surface area contributed by atoms with Gasteiger partial charge in [0.15, 0.2) is 0 Å². The summed E-state index contributed by atoms with van der Waals surface area (Å²) in [6, 6.07) is 5.20. The number of anilines is 1. The van der Waals surface area contributed by atoms with Crippen molar-refractivity contribution >= 4 is 27.5 Å². The van der Waals surface area contributed by atoms with Gasteiger partial charge in [-0.1, -0.05) is 29.3 Å². The number of carbonyl (C=O) groups excluding carboxylic acids is 1. The van der Waals surface area contributed by atoms with Gasteiger partial charge in [0, 0.05) is 22.3 Å². The number of nitrogens with two attached hydrogens (primary N) is 1. The maximum atomic E-state index is 11.6. The molecule has 3 nitrogen and oxygen atoms in total. The van der Waals surface area contributed by atoms with Crippen LogP contribution in [0.1, 0.15) is 30.1 Å². The predicted octanol–water partition coefficient (Wildman–Crippen LogP) is 2.56. The van der Waals surface area contributed by atoms with Crippen molar-refractivity contribution in [2.75, 3.05) is 12.3 Å². The summed E-state index contributed by atoms with van der Waals surface area (Å²) in [5, 5.41) is 2.84. The topological polar surface area (TPSA) is 55.1 Å². The minimum atomic E-state index is -0.0727. The van der Waals surface area contributed by atoms with Gasteiger partial charge in [0.2, 0.25) is 0 Å². The maximum Gasteiger partial charge on any atom is 0.251 e. The lowest BCUT2D eigenvalue weighted by Gasteiger charge is -2.05. The van der Waals surface area contributed by atoms with Crippen LogP contribution in [0.4, 0.5) is 5.69 Å². The van der Waals surface area contributed by atoms with Gasteiger partial charge in [-0.25, -0.2) is 0 Å². The number of nitrogen functional groups attached to an aromatic ring is 1. The molecule has 0 aliphatic carbocycles. The van der Waals surface area contributed by atoms with Crippen LogP contribution in [0.2, 0.25) is 0 Å². The van der Waals surface area contributed by atoms with Crippen molar-refractivity contribution in [1.29, 1.82) is 0 Å². The molecule has 0 saturated heterocycles. The third-order valence-electron chi connectivity index (χ3n) is 2.00. The van der Waals surface area contributed by atoms with Crippen LogP contribution in [-0.2, 0) is 0 Å². The molecule has 3 N–H and O–H groups in total. The predicted molar refractivity (Wildman–Crippen MR) is 65.8 cm³/mol. The van der Waals surface area contributed by atoms with E-state index in [0.717, 1.165) is 17.3 Å². The summed E-state index contributed by atoms with van der Waals surface area (Å²) in [5.41, 5.74) is 6.83. The number of halogens is 1. The highest BCUT2D eigenvalue weighted by molar-refractivity contribution is 9.10. The van der Waals surface area contributed by atoms with Crippen LogP contribution in [0.3, 0.4) is 0 Å². The standard InChI is InChI=1S/C11H15BrN2O/c1-2-3-4-14-11(15)8-5-9(12)7-10(13)6-8/h5-7H,2-4,13H2,1H3,(H,14,15). The average molecular weight is 271 g/mol. The molecule has 82 valence electrons. The Morgan fingerprint density at radius 1 is 1.47 bits per heavy atom. The highest BCUT2D eigenvalue weighted by atomic mass is 79.9. The highest BCUT2D eigenvalue weighted by Crippen LogP contribution is 2.17. The van der Waals surface area contributed by atoms with E-state index >= 15 is 0 Å². The maximum absolute atomic E-state index is 11.6. The number of benzene rings is 1. The lowest BCUT2D eigenvalue weighted by molar-refractivity contribution is 0.0953. The number of unbranched alkanes of at least 4 members (excludes halogenated alkanes) is 1. The molecule has 0 fully saturated rings. The fourth-order valence-corrected chi connectivity index (χ4v) is 1.74. The molecule has 1 aromatic carbocycles. The lowest BCUT2D eigenvalue weighted by Crippen LogP contribution is -2.24. The first-order valence-corrected chi connectivity index (χ1v) is 5.77. The van der Waals surface area contributed by atoms with E-state index in [1.807, 2.05) is 0 Å². The molecule has 0 radical (unpaired) electrons. The van der Waals surface area contributed by atoms with Crippen molar-refractivity contribution < 1.29 is 4.79 Å². The Balaban J connectivity index is 2.65. The molecule has 0 aliphatic rings. The molecule has 1 rings (SSSR count). The highest BCUT2D eigenvalue weighted by Gasteiger charge is 2.05. The van der Waals surface area contributed by atoms with Gasteiger partial charge < -0.3 is 11.1 Å². The Kier molecular flexibility index (Phi) is 4.62. The smallest absolute Gasteiger partial charge is 0.251 e. The molecule has 0 saturated carbocycles. The van der Waals surface area contributed by atoms with E-state index in [9.17, 15) is 4.79 Å². The number of amides is 1. The Hall–Kier alpha value is -1.03. The van der Waals surface area contributed by atoms with Crippen molar-refractivity contribution in [1.82, 2.24) is 5.32 Å². The summed E-state index contributed by atoms with van der Waals surface area (Å²) in [7, 11) is 0. The lowest BCUT2D eigenvalue weighted by atomic mass is 10.2. The Bertz CT molecular complexity index is 332. The molecular formula is C11H15BrN2O. The number of nitrogens with one attached hydrogen (secondary N) is 1. The Morgan fingerprint density at radius 3 is 2.80 bits per heavy atom. The van der Waals surface area contributed by atoms with Crippen molar-refractivity contribution in [3.63, 3.8) is 0 Å². The number of rotatable bonds is 4. The van der Waals surface area contributed by atoms with Crippen molar-refractivity contribution in [2.45, 2.75) is 19.8 Å². The first kappa shape index (κ1) is 12.0. The van der Waals surface area contributed by atoms with E-state index in [4.69, 9.17) is 5.73 Å². The minimum Gasteiger partial charge on any atom is -0.399 e. The molecule has 1 amide bonds. The second-order valence-corrected chi connectivity index (χ2v) is 4.30. The van der Waals surface area contributed by atoms with E-state index in [1.54, 1.807) is 18.2 Å². The van der Waals surface area contributed by atoms with E-state index in [0.29, 0.717) is 17.8 Å². The van der Waals surface area contributed by atoms with E-state index < -0.39 is 0 Å².